The Morgan fingerprint density at radius 2 is 2.00 bits per heavy atom. The summed E-state index contributed by atoms with van der Waals surface area (Å²) in [6.45, 7) is 0.583. The molecule has 0 aromatic heterocycles. The van der Waals surface area contributed by atoms with Crippen molar-refractivity contribution in [1.29, 1.82) is 0 Å². The van der Waals surface area contributed by atoms with E-state index < -0.39 is 10.7 Å². The van der Waals surface area contributed by atoms with Crippen LogP contribution in [0, 0.1) is 15.9 Å². The van der Waals surface area contributed by atoms with E-state index in [9.17, 15) is 14.5 Å². The molecular formula is C14H11FN2O4. The van der Waals surface area contributed by atoms with Crippen LogP contribution < -0.4 is 14.8 Å². The van der Waals surface area contributed by atoms with Gasteiger partial charge in [0.25, 0.3) is 5.69 Å². The van der Waals surface area contributed by atoms with Crippen molar-refractivity contribution in [3.8, 4) is 11.5 Å². The van der Waals surface area contributed by atoms with Gasteiger partial charge in [-0.25, -0.2) is 4.39 Å². The number of nitrogens with zero attached hydrogens (tertiary/aromatic N) is 1. The predicted molar refractivity (Wildman–Crippen MR) is 72.9 cm³/mol. The third kappa shape index (κ3) is 2.86. The Balaban J connectivity index is 1.74. The minimum atomic E-state index is -0.655. The second-order valence-corrected chi connectivity index (χ2v) is 4.50. The lowest BCUT2D eigenvalue weighted by molar-refractivity contribution is -0.385. The van der Waals surface area contributed by atoms with Gasteiger partial charge in [0.05, 0.1) is 11.0 Å². The van der Waals surface area contributed by atoms with Crippen LogP contribution in [0.5, 0.6) is 11.5 Å². The van der Waals surface area contributed by atoms with E-state index in [1.807, 2.05) is 12.1 Å². The van der Waals surface area contributed by atoms with Crippen molar-refractivity contribution >= 4 is 11.4 Å². The summed E-state index contributed by atoms with van der Waals surface area (Å²) in [6, 6.07) is 8.81. The minimum Gasteiger partial charge on any atom is -0.454 e. The molecule has 0 spiro atoms. The van der Waals surface area contributed by atoms with Crippen molar-refractivity contribution in [3.63, 3.8) is 0 Å². The fraction of sp³-hybridized carbons (Fsp3) is 0.143. The first-order valence-corrected chi connectivity index (χ1v) is 6.19. The quantitative estimate of drug-likeness (QED) is 0.692. The van der Waals surface area contributed by atoms with Crippen LogP contribution in [0.1, 0.15) is 5.56 Å². The van der Waals surface area contributed by atoms with Gasteiger partial charge in [-0.15, -0.1) is 0 Å². The number of benzene rings is 2. The maximum atomic E-state index is 13.3. The van der Waals surface area contributed by atoms with Gasteiger partial charge in [0, 0.05) is 18.3 Å². The number of hydrogen-bond acceptors (Lipinski definition) is 5. The summed E-state index contributed by atoms with van der Waals surface area (Å²) < 4.78 is 23.8. The third-order valence-corrected chi connectivity index (χ3v) is 3.03. The number of halogens is 1. The molecule has 0 saturated carbocycles. The van der Waals surface area contributed by atoms with E-state index in [1.54, 1.807) is 6.07 Å². The van der Waals surface area contributed by atoms with Crippen LogP contribution in [0.15, 0.2) is 36.4 Å². The number of nitrogens with one attached hydrogen (secondary N) is 1. The number of nitro benzene ring substituents is 1. The summed E-state index contributed by atoms with van der Waals surface area (Å²) in [5.74, 6) is 0.678. The summed E-state index contributed by atoms with van der Waals surface area (Å²) in [7, 11) is 0. The summed E-state index contributed by atoms with van der Waals surface area (Å²) in [4.78, 5) is 10.1. The first-order chi connectivity index (χ1) is 10.1. The van der Waals surface area contributed by atoms with Gasteiger partial charge in [-0.1, -0.05) is 6.07 Å². The Morgan fingerprint density at radius 3 is 2.81 bits per heavy atom. The number of hydrogen-bond donors (Lipinski definition) is 1. The monoisotopic (exact) mass is 290 g/mol. The molecule has 2 aromatic rings. The first-order valence-electron chi connectivity index (χ1n) is 6.19. The van der Waals surface area contributed by atoms with Crippen molar-refractivity contribution in [2.45, 2.75) is 6.54 Å². The molecule has 7 heteroatoms. The average Bonchev–Trinajstić information content (AvgIpc) is 2.92. The molecule has 21 heavy (non-hydrogen) atoms. The molecule has 0 bridgehead atoms. The van der Waals surface area contributed by atoms with E-state index in [-0.39, 0.29) is 12.5 Å². The maximum absolute atomic E-state index is 13.3. The summed E-state index contributed by atoms with van der Waals surface area (Å²) in [5, 5.41) is 13.6. The molecule has 1 N–H and O–H groups in total. The van der Waals surface area contributed by atoms with Crippen molar-refractivity contribution in [1.82, 2.24) is 0 Å². The van der Waals surface area contributed by atoms with Crippen LogP contribution in [-0.2, 0) is 6.54 Å². The second kappa shape index (κ2) is 5.28. The van der Waals surface area contributed by atoms with Crippen LogP contribution in [0.3, 0.4) is 0 Å². The fourth-order valence-corrected chi connectivity index (χ4v) is 2.04. The topological polar surface area (TPSA) is 73.6 Å². The van der Waals surface area contributed by atoms with Gasteiger partial charge in [-0.3, -0.25) is 10.1 Å². The zero-order chi connectivity index (χ0) is 14.8. The molecular weight excluding hydrogens is 279 g/mol. The standard InChI is InChI=1S/C14H11FN2O4/c15-10-4-11(6-12(5-10)17(18)19)16-7-9-1-2-13-14(3-9)21-8-20-13/h1-6,16H,7-8H2. The number of anilines is 1. The zero-order valence-corrected chi connectivity index (χ0v) is 10.8. The van der Waals surface area contributed by atoms with E-state index >= 15 is 0 Å². The molecule has 1 aliphatic rings. The average molecular weight is 290 g/mol. The molecule has 3 rings (SSSR count). The Hall–Kier alpha value is -2.83. The predicted octanol–water partition coefficient (Wildman–Crippen LogP) is 3.07. The van der Waals surface area contributed by atoms with Crippen LogP contribution in [0.4, 0.5) is 15.8 Å². The van der Waals surface area contributed by atoms with Gasteiger partial charge < -0.3 is 14.8 Å². The maximum Gasteiger partial charge on any atom is 0.274 e. The molecule has 1 heterocycles. The van der Waals surface area contributed by atoms with E-state index in [1.165, 1.54) is 12.1 Å². The first kappa shape index (κ1) is 13.2. The Morgan fingerprint density at radius 1 is 1.19 bits per heavy atom. The van der Waals surface area contributed by atoms with Gasteiger partial charge in [0.15, 0.2) is 11.5 Å². The minimum absolute atomic E-state index is 0.197. The molecule has 0 unspecified atom stereocenters. The van der Waals surface area contributed by atoms with Gasteiger partial charge in [-0.2, -0.15) is 0 Å². The van der Waals surface area contributed by atoms with Crippen molar-refractivity contribution in [2.75, 3.05) is 12.1 Å². The lowest BCUT2D eigenvalue weighted by Gasteiger charge is -2.07. The Labute approximate surface area is 119 Å². The molecule has 108 valence electrons. The molecule has 2 aromatic carbocycles. The van der Waals surface area contributed by atoms with Crippen molar-refractivity contribution in [3.05, 3.63) is 57.9 Å². The highest BCUT2D eigenvalue weighted by Gasteiger charge is 2.13. The van der Waals surface area contributed by atoms with E-state index in [0.29, 0.717) is 23.7 Å². The zero-order valence-electron chi connectivity index (χ0n) is 10.8. The number of fused-ring (bicyclic) bond motifs is 1. The van der Waals surface area contributed by atoms with Gasteiger partial charge in [0.1, 0.15) is 5.82 Å². The van der Waals surface area contributed by atoms with Crippen molar-refractivity contribution < 1.29 is 18.8 Å². The highest BCUT2D eigenvalue weighted by atomic mass is 19.1. The van der Waals surface area contributed by atoms with Gasteiger partial charge in [0.2, 0.25) is 6.79 Å². The van der Waals surface area contributed by atoms with Crippen LogP contribution in [-0.4, -0.2) is 11.7 Å². The van der Waals surface area contributed by atoms with Crippen LogP contribution in [0.25, 0.3) is 0 Å². The molecule has 0 atom stereocenters. The van der Waals surface area contributed by atoms with E-state index in [2.05, 4.69) is 5.32 Å². The molecule has 0 amide bonds. The molecule has 0 saturated heterocycles. The van der Waals surface area contributed by atoms with Crippen molar-refractivity contribution in [2.24, 2.45) is 0 Å². The lowest BCUT2D eigenvalue weighted by Crippen LogP contribution is -2.01. The number of rotatable bonds is 4. The molecule has 6 nitrogen and oxygen atoms in total. The Bertz CT molecular complexity index is 705. The largest absolute Gasteiger partial charge is 0.454 e. The number of non-ortho nitro benzene ring substituents is 1. The molecule has 0 radical (unpaired) electrons. The van der Waals surface area contributed by atoms with E-state index in [0.717, 1.165) is 11.6 Å². The number of nitro groups is 1. The summed E-state index contributed by atoms with van der Waals surface area (Å²) >= 11 is 0. The number of ether oxygens (including phenoxy) is 2. The highest BCUT2D eigenvalue weighted by Crippen LogP contribution is 2.32. The van der Waals surface area contributed by atoms with E-state index in [4.69, 9.17) is 9.47 Å². The molecule has 1 aliphatic heterocycles. The summed E-state index contributed by atoms with van der Waals surface area (Å²) in [5.41, 5.74) is 0.953. The van der Waals surface area contributed by atoms with Gasteiger partial charge in [-0.05, 0) is 23.8 Å². The summed E-state index contributed by atoms with van der Waals surface area (Å²) in [6.07, 6.45) is 0. The van der Waals surface area contributed by atoms with Crippen LogP contribution in [0.2, 0.25) is 0 Å². The Kier molecular flexibility index (Phi) is 3.31. The second-order valence-electron chi connectivity index (χ2n) is 4.50. The lowest BCUT2D eigenvalue weighted by atomic mass is 10.2. The highest BCUT2D eigenvalue weighted by molar-refractivity contribution is 5.52. The van der Waals surface area contributed by atoms with Crippen LogP contribution >= 0.6 is 0 Å². The molecule has 0 fully saturated rings. The smallest absolute Gasteiger partial charge is 0.274 e. The fourth-order valence-electron chi connectivity index (χ4n) is 2.04. The SMILES string of the molecule is O=[N+]([O-])c1cc(F)cc(NCc2ccc3c(c2)OCO3)c1. The molecule has 0 aliphatic carbocycles. The normalized spacial score (nSPS) is 12.2. The third-order valence-electron chi connectivity index (χ3n) is 3.03. The van der Waals surface area contributed by atoms with Gasteiger partial charge >= 0.3 is 0 Å².